The van der Waals surface area contributed by atoms with Crippen LogP contribution in [0.3, 0.4) is 0 Å². The minimum atomic E-state index is -0.355. The van der Waals surface area contributed by atoms with Gasteiger partial charge in [-0.2, -0.15) is 4.98 Å². The summed E-state index contributed by atoms with van der Waals surface area (Å²) in [7, 11) is 0. The van der Waals surface area contributed by atoms with Gasteiger partial charge in [-0.15, -0.1) is 0 Å². The first-order chi connectivity index (χ1) is 8.39. The molecule has 0 bridgehead atoms. The van der Waals surface area contributed by atoms with Gasteiger partial charge in [-0.25, -0.2) is 4.98 Å². The van der Waals surface area contributed by atoms with E-state index in [0.29, 0.717) is 29.5 Å². The quantitative estimate of drug-likeness (QED) is 0.785. The van der Waals surface area contributed by atoms with E-state index in [9.17, 15) is 5.11 Å². The van der Waals surface area contributed by atoms with Crippen LogP contribution < -0.4 is 10.6 Å². The zero-order valence-corrected chi connectivity index (χ0v) is 12.0. The van der Waals surface area contributed by atoms with Crippen molar-refractivity contribution in [2.75, 3.05) is 30.3 Å². The Morgan fingerprint density at radius 3 is 2.94 bits per heavy atom. The molecule has 0 saturated carbocycles. The van der Waals surface area contributed by atoms with Gasteiger partial charge in [0, 0.05) is 19.2 Å². The smallest absolute Gasteiger partial charge is 0.228 e. The van der Waals surface area contributed by atoms with Crippen molar-refractivity contribution in [1.82, 2.24) is 9.97 Å². The second-order valence-corrected chi connectivity index (χ2v) is 5.79. The van der Waals surface area contributed by atoms with Crippen molar-refractivity contribution < 1.29 is 9.84 Å². The Kier molecular flexibility index (Phi) is 3.74. The Balaban J connectivity index is 2.26. The first-order valence-electron chi connectivity index (χ1n) is 5.73. The van der Waals surface area contributed by atoms with Gasteiger partial charge in [0.2, 0.25) is 5.95 Å². The summed E-state index contributed by atoms with van der Waals surface area (Å²) in [5.41, 5.74) is 5.36. The first kappa shape index (κ1) is 13.5. The van der Waals surface area contributed by atoms with Crippen LogP contribution in [0.1, 0.15) is 13.8 Å². The molecule has 18 heavy (non-hydrogen) atoms. The molecule has 1 saturated heterocycles. The van der Waals surface area contributed by atoms with Crippen LogP contribution in [0.25, 0.3) is 0 Å². The highest BCUT2D eigenvalue weighted by Crippen LogP contribution is 2.25. The van der Waals surface area contributed by atoms with Crippen LogP contribution in [-0.2, 0) is 4.74 Å². The molecule has 1 aliphatic rings. The van der Waals surface area contributed by atoms with Crippen molar-refractivity contribution in [3.05, 3.63) is 10.7 Å². The van der Waals surface area contributed by atoms with E-state index in [1.54, 1.807) is 6.07 Å². The van der Waals surface area contributed by atoms with E-state index in [-0.39, 0.29) is 18.3 Å². The lowest BCUT2D eigenvalue weighted by atomic mass is 10.1. The molecular formula is C11H17BrN4O2. The molecule has 2 rings (SSSR count). The van der Waals surface area contributed by atoms with Crippen LogP contribution in [0.2, 0.25) is 0 Å². The summed E-state index contributed by atoms with van der Waals surface area (Å²) < 4.78 is 6.39. The topological polar surface area (TPSA) is 84.5 Å². The van der Waals surface area contributed by atoms with Gasteiger partial charge >= 0.3 is 0 Å². The third kappa shape index (κ3) is 3.09. The number of aliphatic hydroxyl groups excluding tert-OH is 1. The maximum atomic E-state index is 9.27. The Morgan fingerprint density at radius 2 is 2.33 bits per heavy atom. The van der Waals surface area contributed by atoms with Gasteiger partial charge in [-0.3, -0.25) is 0 Å². The van der Waals surface area contributed by atoms with E-state index in [1.807, 2.05) is 18.7 Å². The molecule has 1 fully saturated rings. The predicted molar refractivity (Wildman–Crippen MR) is 72.4 cm³/mol. The molecular weight excluding hydrogens is 300 g/mol. The summed E-state index contributed by atoms with van der Waals surface area (Å²) in [4.78, 5) is 10.5. The van der Waals surface area contributed by atoms with Gasteiger partial charge < -0.3 is 20.5 Å². The lowest BCUT2D eigenvalue weighted by Crippen LogP contribution is -2.54. The van der Waals surface area contributed by atoms with Crippen LogP contribution in [0.4, 0.5) is 11.8 Å². The number of halogens is 1. The number of nitrogens with two attached hydrogens (primary N) is 1. The van der Waals surface area contributed by atoms with Gasteiger partial charge in [-0.1, -0.05) is 0 Å². The molecule has 3 N–H and O–H groups in total. The minimum absolute atomic E-state index is 0.0244. The lowest BCUT2D eigenvalue weighted by molar-refractivity contribution is -0.101. The zero-order chi connectivity index (χ0) is 13.3. The van der Waals surface area contributed by atoms with Crippen molar-refractivity contribution >= 4 is 27.7 Å². The fraction of sp³-hybridized carbons (Fsp3) is 0.636. The summed E-state index contributed by atoms with van der Waals surface area (Å²) in [5, 5.41) is 9.27. The molecule has 0 aromatic carbocycles. The number of aromatic nitrogens is 2. The lowest BCUT2D eigenvalue weighted by Gasteiger charge is -2.42. The van der Waals surface area contributed by atoms with Gasteiger partial charge in [-0.05, 0) is 29.8 Å². The van der Waals surface area contributed by atoms with Gasteiger partial charge in [0.05, 0.1) is 18.3 Å². The summed E-state index contributed by atoms with van der Waals surface area (Å²) >= 11 is 3.30. The number of hydrogen-bond acceptors (Lipinski definition) is 6. The summed E-state index contributed by atoms with van der Waals surface area (Å²) in [6.07, 6.45) is -0.238. The molecule has 0 spiro atoms. The predicted octanol–water partition coefficient (Wildman–Crippen LogP) is 0.797. The Hall–Kier alpha value is -0.920. The zero-order valence-electron chi connectivity index (χ0n) is 10.4. The number of aliphatic hydroxyl groups is 1. The molecule has 0 aliphatic carbocycles. The van der Waals surface area contributed by atoms with E-state index in [2.05, 4.69) is 25.9 Å². The molecule has 6 nitrogen and oxygen atoms in total. The number of morpholine rings is 1. The minimum Gasteiger partial charge on any atom is -0.394 e. The molecule has 7 heteroatoms. The van der Waals surface area contributed by atoms with Gasteiger partial charge in [0.1, 0.15) is 10.4 Å². The van der Waals surface area contributed by atoms with Gasteiger partial charge in [0.25, 0.3) is 0 Å². The van der Waals surface area contributed by atoms with Crippen molar-refractivity contribution in [3.63, 3.8) is 0 Å². The highest BCUT2D eigenvalue weighted by Gasteiger charge is 2.34. The van der Waals surface area contributed by atoms with Crippen molar-refractivity contribution in [1.29, 1.82) is 0 Å². The monoisotopic (exact) mass is 316 g/mol. The third-order valence-electron chi connectivity index (χ3n) is 2.67. The number of anilines is 2. The molecule has 2 heterocycles. The third-order valence-corrected chi connectivity index (χ3v) is 3.08. The van der Waals surface area contributed by atoms with Crippen LogP contribution in [-0.4, -0.2) is 46.5 Å². The van der Waals surface area contributed by atoms with E-state index >= 15 is 0 Å². The Morgan fingerprint density at radius 1 is 1.61 bits per heavy atom. The van der Waals surface area contributed by atoms with Crippen molar-refractivity contribution in [2.45, 2.75) is 25.6 Å². The molecule has 1 aliphatic heterocycles. The number of nitrogen functional groups attached to an aromatic ring is 1. The highest BCUT2D eigenvalue weighted by molar-refractivity contribution is 9.10. The summed E-state index contributed by atoms with van der Waals surface area (Å²) in [6, 6.07) is 1.65. The van der Waals surface area contributed by atoms with Crippen LogP contribution in [0.5, 0.6) is 0 Å². The van der Waals surface area contributed by atoms with Crippen molar-refractivity contribution in [3.8, 4) is 0 Å². The average Bonchev–Trinajstić information content (AvgIpc) is 2.25. The SMILES string of the molecule is CC1(C)CN(c2nc(N)cc(Br)n2)CC(CO)O1. The number of hydrogen-bond donors (Lipinski definition) is 2. The molecule has 0 radical (unpaired) electrons. The van der Waals surface area contributed by atoms with Crippen molar-refractivity contribution in [2.24, 2.45) is 0 Å². The molecule has 1 unspecified atom stereocenters. The summed E-state index contributed by atoms with van der Waals surface area (Å²) in [6.45, 7) is 5.13. The number of rotatable bonds is 2. The first-order valence-corrected chi connectivity index (χ1v) is 6.52. The fourth-order valence-electron chi connectivity index (χ4n) is 2.11. The highest BCUT2D eigenvalue weighted by atomic mass is 79.9. The maximum absolute atomic E-state index is 9.27. The van der Waals surface area contributed by atoms with E-state index in [1.165, 1.54) is 0 Å². The van der Waals surface area contributed by atoms with Gasteiger partial charge in [0.15, 0.2) is 0 Å². The molecule has 1 aromatic rings. The Bertz CT molecular complexity index is 421. The summed E-state index contributed by atoms with van der Waals surface area (Å²) in [5.74, 6) is 0.966. The second-order valence-electron chi connectivity index (χ2n) is 4.98. The molecule has 1 aromatic heterocycles. The normalized spacial score (nSPS) is 23.1. The van der Waals surface area contributed by atoms with Crippen LogP contribution in [0.15, 0.2) is 10.7 Å². The standard InChI is InChI=1S/C11H17BrN4O2/c1-11(2)6-16(4-7(5-17)18-11)10-14-8(12)3-9(13)15-10/h3,7,17H,4-6H2,1-2H3,(H2,13,14,15). The largest absolute Gasteiger partial charge is 0.394 e. The number of nitrogens with zero attached hydrogens (tertiary/aromatic N) is 3. The van der Waals surface area contributed by atoms with E-state index in [4.69, 9.17) is 10.5 Å². The fourth-order valence-corrected chi connectivity index (χ4v) is 2.50. The molecule has 100 valence electrons. The number of ether oxygens (including phenoxy) is 1. The van der Waals surface area contributed by atoms with Crippen LogP contribution >= 0.6 is 15.9 Å². The van der Waals surface area contributed by atoms with E-state index < -0.39 is 0 Å². The maximum Gasteiger partial charge on any atom is 0.228 e. The Labute approximate surface area is 114 Å². The van der Waals surface area contributed by atoms with E-state index in [0.717, 1.165) is 0 Å². The molecule has 1 atom stereocenters. The second kappa shape index (κ2) is 4.99. The van der Waals surface area contributed by atoms with Crippen LogP contribution in [0, 0.1) is 0 Å². The average molecular weight is 317 g/mol. The molecule has 0 amide bonds.